The molecule has 0 aromatic heterocycles. The number of nitrogens with one attached hydrogen (secondary N) is 2. The third-order valence-electron chi connectivity index (χ3n) is 3.12. The third-order valence-corrected chi connectivity index (χ3v) is 3.12. The maximum Gasteiger partial charge on any atom is 0.416 e. The van der Waals surface area contributed by atoms with E-state index in [1.165, 1.54) is 12.1 Å². The second kappa shape index (κ2) is 6.51. The summed E-state index contributed by atoms with van der Waals surface area (Å²) >= 11 is 0. The van der Waals surface area contributed by atoms with E-state index in [2.05, 4.69) is 10.6 Å². The van der Waals surface area contributed by atoms with E-state index in [0.29, 0.717) is 5.69 Å². The van der Waals surface area contributed by atoms with Crippen LogP contribution in [0.5, 0.6) is 0 Å². The zero-order valence-electron chi connectivity index (χ0n) is 11.8. The Morgan fingerprint density at radius 1 is 1.00 bits per heavy atom. The SMILES string of the molecule is C[C@@H](NC(=O)Nc1ccc(C(F)(F)F)cc1)c1ccccc1. The summed E-state index contributed by atoms with van der Waals surface area (Å²) in [6.07, 6.45) is -4.39. The summed E-state index contributed by atoms with van der Waals surface area (Å²) in [6, 6.07) is 13.0. The van der Waals surface area contributed by atoms with Gasteiger partial charge in [-0.25, -0.2) is 4.79 Å². The largest absolute Gasteiger partial charge is 0.416 e. The zero-order chi connectivity index (χ0) is 16.2. The maximum atomic E-state index is 12.4. The molecule has 0 spiro atoms. The molecule has 0 saturated heterocycles. The molecule has 22 heavy (non-hydrogen) atoms. The molecule has 2 aromatic rings. The summed E-state index contributed by atoms with van der Waals surface area (Å²) in [4.78, 5) is 11.8. The van der Waals surface area contributed by atoms with E-state index in [-0.39, 0.29) is 6.04 Å². The first-order chi connectivity index (χ1) is 10.4. The zero-order valence-corrected chi connectivity index (χ0v) is 11.8. The van der Waals surface area contributed by atoms with Gasteiger partial charge in [0.15, 0.2) is 0 Å². The number of rotatable bonds is 3. The van der Waals surface area contributed by atoms with Gasteiger partial charge < -0.3 is 10.6 Å². The Bertz CT molecular complexity index is 624. The maximum absolute atomic E-state index is 12.4. The van der Waals surface area contributed by atoms with Gasteiger partial charge in [-0.15, -0.1) is 0 Å². The first kappa shape index (κ1) is 15.9. The highest BCUT2D eigenvalue weighted by molar-refractivity contribution is 5.89. The van der Waals surface area contributed by atoms with Crippen LogP contribution in [0.25, 0.3) is 0 Å². The number of anilines is 1. The molecule has 0 aliphatic rings. The number of urea groups is 1. The molecule has 0 aliphatic carbocycles. The van der Waals surface area contributed by atoms with E-state index in [1.54, 1.807) is 0 Å². The molecule has 0 radical (unpaired) electrons. The van der Waals surface area contributed by atoms with Crippen molar-refractivity contribution in [3.63, 3.8) is 0 Å². The van der Waals surface area contributed by atoms with Gasteiger partial charge in [-0.2, -0.15) is 13.2 Å². The van der Waals surface area contributed by atoms with E-state index in [4.69, 9.17) is 0 Å². The molecule has 1 atom stereocenters. The van der Waals surface area contributed by atoms with Gasteiger partial charge in [-0.1, -0.05) is 30.3 Å². The van der Waals surface area contributed by atoms with Crippen LogP contribution in [0.2, 0.25) is 0 Å². The lowest BCUT2D eigenvalue weighted by Crippen LogP contribution is -2.31. The molecule has 0 unspecified atom stereocenters. The number of carbonyl (C=O) groups is 1. The van der Waals surface area contributed by atoms with Crippen LogP contribution in [-0.4, -0.2) is 6.03 Å². The number of alkyl halides is 3. The van der Waals surface area contributed by atoms with Crippen LogP contribution in [0.3, 0.4) is 0 Å². The first-order valence-corrected chi connectivity index (χ1v) is 6.66. The van der Waals surface area contributed by atoms with Crippen molar-refractivity contribution in [2.75, 3.05) is 5.32 Å². The van der Waals surface area contributed by atoms with Gasteiger partial charge in [-0.05, 0) is 36.8 Å². The van der Waals surface area contributed by atoms with Crippen molar-refractivity contribution in [3.8, 4) is 0 Å². The number of amides is 2. The van der Waals surface area contributed by atoms with E-state index in [1.807, 2.05) is 37.3 Å². The van der Waals surface area contributed by atoms with Crippen LogP contribution in [0, 0.1) is 0 Å². The fraction of sp³-hybridized carbons (Fsp3) is 0.188. The number of hydrogen-bond acceptors (Lipinski definition) is 1. The van der Waals surface area contributed by atoms with E-state index < -0.39 is 17.8 Å². The van der Waals surface area contributed by atoms with E-state index in [0.717, 1.165) is 17.7 Å². The second-order valence-corrected chi connectivity index (χ2v) is 4.81. The van der Waals surface area contributed by atoms with Crippen molar-refractivity contribution in [3.05, 3.63) is 65.7 Å². The number of halogens is 3. The average Bonchev–Trinajstić information content (AvgIpc) is 2.47. The minimum atomic E-state index is -4.39. The molecule has 2 aromatic carbocycles. The highest BCUT2D eigenvalue weighted by Crippen LogP contribution is 2.29. The second-order valence-electron chi connectivity index (χ2n) is 4.81. The molecule has 2 rings (SSSR count). The molecular weight excluding hydrogens is 293 g/mol. The number of benzene rings is 2. The minimum Gasteiger partial charge on any atom is -0.331 e. The van der Waals surface area contributed by atoms with Gasteiger partial charge in [-0.3, -0.25) is 0 Å². The van der Waals surface area contributed by atoms with Gasteiger partial charge in [0.2, 0.25) is 0 Å². The normalized spacial score (nSPS) is 12.5. The van der Waals surface area contributed by atoms with Crippen LogP contribution >= 0.6 is 0 Å². The van der Waals surface area contributed by atoms with E-state index in [9.17, 15) is 18.0 Å². The van der Waals surface area contributed by atoms with Crippen LogP contribution in [0.15, 0.2) is 54.6 Å². The standard InChI is InChI=1S/C16H15F3N2O/c1-11(12-5-3-2-4-6-12)20-15(22)21-14-9-7-13(8-10-14)16(17,18)19/h2-11H,1H3,(H2,20,21,22)/t11-/m1/s1. The number of hydrogen-bond donors (Lipinski definition) is 2. The number of carbonyl (C=O) groups excluding carboxylic acids is 1. The first-order valence-electron chi connectivity index (χ1n) is 6.66. The molecular formula is C16H15F3N2O. The Morgan fingerprint density at radius 2 is 1.59 bits per heavy atom. The Kier molecular flexibility index (Phi) is 4.70. The highest BCUT2D eigenvalue weighted by atomic mass is 19.4. The van der Waals surface area contributed by atoms with Gasteiger partial charge in [0.05, 0.1) is 11.6 Å². The van der Waals surface area contributed by atoms with Crippen molar-refractivity contribution < 1.29 is 18.0 Å². The monoisotopic (exact) mass is 308 g/mol. The summed E-state index contributed by atoms with van der Waals surface area (Å²) < 4.78 is 37.3. The lowest BCUT2D eigenvalue weighted by molar-refractivity contribution is -0.137. The quantitative estimate of drug-likeness (QED) is 0.855. The van der Waals surface area contributed by atoms with Crippen molar-refractivity contribution in [2.45, 2.75) is 19.1 Å². The molecule has 2 amide bonds. The molecule has 2 N–H and O–H groups in total. The molecule has 0 heterocycles. The van der Waals surface area contributed by atoms with Crippen LogP contribution in [-0.2, 0) is 6.18 Å². The van der Waals surface area contributed by atoms with Crippen molar-refractivity contribution >= 4 is 11.7 Å². The summed E-state index contributed by atoms with van der Waals surface area (Å²) in [5.74, 6) is 0. The Balaban J connectivity index is 1.95. The summed E-state index contributed by atoms with van der Waals surface area (Å²) in [7, 11) is 0. The average molecular weight is 308 g/mol. The van der Waals surface area contributed by atoms with Crippen molar-refractivity contribution in [1.29, 1.82) is 0 Å². The summed E-state index contributed by atoms with van der Waals surface area (Å²) in [5, 5.41) is 5.22. The molecule has 3 nitrogen and oxygen atoms in total. The highest BCUT2D eigenvalue weighted by Gasteiger charge is 2.29. The van der Waals surface area contributed by atoms with Gasteiger partial charge >= 0.3 is 12.2 Å². The predicted molar refractivity (Wildman–Crippen MR) is 78.5 cm³/mol. The molecule has 0 saturated carbocycles. The Morgan fingerprint density at radius 3 is 2.14 bits per heavy atom. The van der Waals surface area contributed by atoms with Crippen LogP contribution in [0.4, 0.5) is 23.7 Å². The third kappa shape index (κ3) is 4.25. The van der Waals surface area contributed by atoms with Crippen molar-refractivity contribution in [1.82, 2.24) is 5.32 Å². The smallest absolute Gasteiger partial charge is 0.331 e. The predicted octanol–water partition coefficient (Wildman–Crippen LogP) is 4.59. The lowest BCUT2D eigenvalue weighted by atomic mass is 10.1. The summed E-state index contributed by atoms with van der Waals surface area (Å²) in [6.45, 7) is 1.82. The molecule has 6 heteroatoms. The van der Waals surface area contributed by atoms with Crippen molar-refractivity contribution in [2.24, 2.45) is 0 Å². The lowest BCUT2D eigenvalue weighted by Gasteiger charge is -2.15. The summed E-state index contributed by atoms with van der Waals surface area (Å²) in [5.41, 5.74) is 0.479. The molecule has 116 valence electrons. The van der Waals surface area contributed by atoms with E-state index >= 15 is 0 Å². The molecule has 0 aliphatic heterocycles. The topological polar surface area (TPSA) is 41.1 Å². The Hall–Kier alpha value is -2.50. The fourth-order valence-electron chi connectivity index (χ4n) is 1.93. The van der Waals surface area contributed by atoms with Gasteiger partial charge in [0.1, 0.15) is 0 Å². The molecule has 0 fully saturated rings. The Labute approximate surface area is 126 Å². The minimum absolute atomic E-state index is 0.212. The molecule has 0 bridgehead atoms. The fourth-order valence-corrected chi connectivity index (χ4v) is 1.93. The van der Waals surface area contributed by atoms with Crippen LogP contribution < -0.4 is 10.6 Å². The van der Waals surface area contributed by atoms with Crippen LogP contribution in [0.1, 0.15) is 24.1 Å². The van der Waals surface area contributed by atoms with Gasteiger partial charge in [0.25, 0.3) is 0 Å². The van der Waals surface area contributed by atoms with Gasteiger partial charge in [0, 0.05) is 5.69 Å².